The Morgan fingerprint density at radius 3 is 2.78 bits per heavy atom. The molecule has 0 bridgehead atoms. The summed E-state index contributed by atoms with van der Waals surface area (Å²) in [5.41, 5.74) is 3.93. The minimum atomic E-state index is 0.111. The number of rotatable bonds is 4. The third-order valence-corrected chi connectivity index (χ3v) is 5.38. The molecule has 3 aromatic rings. The maximum Gasteiger partial charge on any atom is 0.254 e. The number of nitrogens with zero attached hydrogens (tertiary/aromatic N) is 3. The Balaban J connectivity index is 1.39. The minimum absolute atomic E-state index is 0.111. The van der Waals surface area contributed by atoms with Crippen molar-refractivity contribution in [2.24, 2.45) is 0 Å². The Morgan fingerprint density at radius 2 is 2.00 bits per heavy atom. The Hall–Kier alpha value is -2.66. The predicted molar refractivity (Wildman–Crippen MR) is 108 cm³/mol. The number of aryl methyl sites for hydroxylation is 1. The number of carbonyl (C=O) groups is 1. The first-order valence-corrected chi connectivity index (χ1v) is 9.64. The number of H-pyrrole nitrogens is 1. The zero-order valence-electron chi connectivity index (χ0n) is 16.0. The summed E-state index contributed by atoms with van der Waals surface area (Å²) in [6.07, 6.45) is 1.05. The molecule has 1 amide bonds. The van der Waals surface area contributed by atoms with Gasteiger partial charge in [0.25, 0.3) is 5.91 Å². The van der Waals surface area contributed by atoms with Gasteiger partial charge >= 0.3 is 0 Å². The highest BCUT2D eigenvalue weighted by molar-refractivity contribution is 5.97. The second-order valence-corrected chi connectivity index (χ2v) is 7.44. The Kier molecular flexibility index (Phi) is 4.94. The molecule has 0 saturated carbocycles. The molecule has 5 nitrogen and oxygen atoms in total. The monoisotopic (exact) mass is 362 g/mol. The van der Waals surface area contributed by atoms with Gasteiger partial charge in [0, 0.05) is 37.8 Å². The number of benzene rings is 2. The number of nitrogens with one attached hydrogen (secondary N) is 1. The number of hydrogen-bond donors (Lipinski definition) is 1. The van der Waals surface area contributed by atoms with E-state index in [0.29, 0.717) is 0 Å². The van der Waals surface area contributed by atoms with E-state index in [1.54, 1.807) is 0 Å². The van der Waals surface area contributed by atoms with Crippen LogP contribution in [0.1, 0.15) is 28.7 Å². The molecular formula is C22H26N4O. The molecule has 1 N–H and O–H groups in total. The highest BCUT2D eigenvalue weighted by Crippen LogP contribution is 2.18. The lowest BCUT2D eigenvalue weighted by Crippen LogP contribution is -2.54. The molecule has 5 heteroatoms. The first kappa shape index (κ1) is 17.7. The molecule has 0 aliphatic carbocycles. The number of amides is 1. The van der Waals surface area contributed by atoms with E-state index >= 15 is 0 Å². The second kappa shape index (κ2) is 7.53. The zero-order valence-corrected chi connectivity index (χ0v) is 16.0. The molecule has 0 radical (unpaired) electrons. The molecule has 1 saturated heterocycles. The van der Waals surface area contributed by atoms with E-state index in [1.807, 2.05) is 30.0 Å². The van der Waals surface area contributed by atoms with Crippen LogP contribution in [-0.2, 0) is 6.42 Å². The number of piperazine rings is 1. The van der Waals surface area contributed by atoms with Crippen LogP contribution >= 0.6 is 0 Å². The third-order valence-electron chi connectivity index (χ3n) is 5.38. The molecule has 2 aromatic carbocycles. The first-order chi connectivity index (χ1) is 13.1. The van der Waals surface area contributed by atoms with Crippen LogP contribution < -0.4 is 0 Å². The van der Waals surface area contributed by atoms with Crippen molar-refractivity contribution in [2.75, 3.05) is 26.2 Å². The lowest BCUT2D eigenvalue weighted by Gasteiger charge is -2.40. The lowest BCUT2D eigenvalue weighted by molar-refractivity contribution is 0.0492. The van der Waals surface area contributed by atoms with Crippen molar-refractivity contribution < 1.29 is 4.79 Å². The largest absolute Gasteiger partial charge is 0.342 e. The van der Waals surface area contributed by atoms with Gasteiger partial charge in [0.2, 0.25) is 0 Å². The topological polar surface area (TPSA) is 52.2 Å². The van der Waals surface area contributed by atoms with Crippen LogP contribution in [0.5, 0.6) is 0 Å². The summed E-state index contributed by atoms with van der Waals surface area (Å²) in [5.74, 6) is 0.981. The summed E-state index contributed by atoms with van der Waals surface area (Å²) in [7, 11) is 0. The number of imidazole rings is 1. The quantitative estimate of drug-likeness (QED) is 0.775. The molecule has 1 aromatic heterocycles. The van der Waals surface area contributed by atoms with Crippen molar-refractivity contribution in [2.45, 2.75) is 26.3 Å². The Labute approximate surface area is 160 Å². The first-order valence-electron chi connectivity index (χ1n) is 9.64. The minimum Gasteiger partial charge on any atom is -0.342 e. The van der Waals surface area contributed by atoms with Gasteiger partial charge in [-0.25, -0.2) is 4.98 Å². The van der Waals surface area contributed by atoms with E-state index in [1.165, 1.54) is 5.56 Å². The predicted octanol–water partition coefficient (Wildman–Crippen LogP) is 3.26. The average Bonchev–Trinajstić information content (AvgIpc) is 3.06. The molecule has 27 heavy (non-hydrogen) atoms. The molecule has 140 valence electrons. The van der Waals surface area contributed by atoms with Crippen LogP contribution in [0.4, 0.5) is 0 Å². The summed E-state index contributed by atoms with van der Waals surface area (Å²) in [4.78, 5) is 25.1. The molecule has 1 aliphatic heterocycles. The van der Waals surface area contributed by atoms with E-state index < -0.39 is 0 Å². The zero-order chi connectivity index (χ0) is 18.8. The normalized spacial score (nSPS) is 18.1. The van der Waals surface area contributed by atoms with Crippen molar-refractivity contribution in [3.05, 3.63) is 65.5 Å². The maximum atomic E-state index is 13.0. The number of aromatic amines is 1. The van der Waals surface area contributed by atoms with E-state index in [9.17, 15) is 4.79 Å². The maximum absolute atomic E-state index is 13.0. The van der Waals surface area contributed by atoms with Gasteiger partial charge in [0.1, 0.15) is 5.82 Å². The molecule has 0 spiro atoms. The molecule has 2 heterocycles. The fourth-order valence-corrected chi connectivity index (χ4v) is 3.91. The number of hydrogen-bond acceptors (Lipinski definition) is 3. The lowest BCUT2D eigenvalue weighted by atomic mass is 10.1. The van der Waals surface area contributed by atoms with Crippen molar-refractivity contribution in [1.82, 2.24) is 19.8 Å². The number of fused-ring (bicyclic) bond motifs is 1. The highest BCUT2D eigenvalue weighted by atomic mass is 16.2. The average molecular weight is 362 g/mol. The van der Waals surface area contributed by atoms with E-state index in [-0.39, 0.29) is 11.9 Å². The summed E-state index contributed by atoms with van der Waals surface area (Å²) in [6.45, 7) is 7.73. The standard InChI is InChI=1S/C22H26N4O/c1-16-15-25(11-10-18-6-4-3-5-7-18)12-13-26(16)22(27)19-8-9-20-21(14-19)24-17(2)23-20/h3-9,14,16H,10-13,15H2,1-2H3,(H,23,24). The second-order valence-electron chi connectivity index (χ2n) is 7.44. The summed E-state index contributed by atoms with van der Waals surface area (Å²) < 4.78 is 0. The molecule has 4 rings (SSSR count). The summed E-state index contributed by atoms with van der Waals surface area (Å²) >= 11 is 0. The molecule has 1 aliphatic rings. The van der Waals surface area contributed by atoms with E-state index in [4.69, 9.17) is 0 Å². The van der Waals surface area contributed by atoms with Crippen LogP contribution in [0.3, 0.4) is 0 Å². The molecule has 1 unspecified atom stereocenters. The van der Waals surface area contributed by atoms with Crippen LogP contribution in [0.2, 0.25) is 0 Å². The van der Waals surface area contributed by atoms with Crippen LogP contribution in [0, 0.1) is 6.92 Å². The number of carbonyl (C=O) groups excluding carboxylic acids is 1. The fraction of sp³-hybridized carbons (Fsp3) is 0.364. The van der Waals surface area contributed by atoms with Gasteiger partial charge in [0.05, 0.1) is 11.0 Å². The van der Waals surface area contributed by atoms with Gasteiger partial charge < -0.3 is 9.88 Å². The van der Waals surface area contributed by atoms with Crippen molar-refractivity contribution in [3.8, 4) is 0 Å². The van der Waals surface area contributed by atoms with Gasteiger partial charge in [-0.05, 0) is 44.0 Å². The molecule has 1 fully saturated rings. The van der Waals surface area contributed by atoms with Gasteiger partial charge in [-0.3, -0.25) is 9.69 Å². The third kappa shape index (κ3) is 3.88. The van der Waals surface area contributed by atoms with Crippen molar-refractivity contribution >= 4 is 16.9 Å². The van der Waals surface area contributed by atoms with Gasteiger partial charge in [-0.1, -0.05) is 30.3 Å². The SMILES string of the molecule is Cc1nc2ccc(C(=O)N3CCN(CCc4ccccc4)CC3C)cc2[nH]1. The highest BCUT2D eigenvalue weighted by Gasteiger charge is 2.28. The molecular weight excluding hydrogens is 336 g/mol. The van der Waals surface area contributed by atoms with Crippen molar-refractivity contribution in [3.63, 3.8) is 0 Å². The van der Waals surface area contributed by atoms with E-state index in [0.717, 1.165) is 55.0 Å². The smallest absolute Gasteiger partial charge is 0.254 e. The summed E-state index contributed by atoms with van der Waals surface area (Å²) in [6, 6.07) is 16.5. The van der Waals surface area contributed by atoms with Crippen LogP contribution in [0.15, 0.2) is 48.5 Å². The van der Waals surface area contributed by atoms with Gasteiger partial charge in [-0.2, -0.15) is 0 Å². The summed E-state index contributed by atoms with van der Waals surface area (Å²) in [5, 5.41) is 0. The number of aromatic nitrogens is 2. The van der Waals surface area contributed by atoms with Crippen LogP contribution in [-0.4, -0.2) is 57.9 Å². The molecule has 1 atom stereocenters. The van der Waals surface area contributed by atoms with Crippen molar-refractivity contribution in [1.29, 1.82) is 0 Å². The fourth-order valence-electron chi connectivity index (χ4n) is 3.91. The van der Waals surface area contributed by atoms with Gasteiger partial charge in [-0.15, -0.1) is 0 Å². The Morgan fingerprint density at radius 1 is 1.19 bits per heavy atom. The van der Waals surface area contributed by atoms with Crippen LogP contribution in [0.25, 0.3) is 11.0 Å². The van der Waals surface area contributed by atoms with E-state index in [2.05, 4.69) is 52.1 Å². The van der Waals surface area contributed by atoms with Gasteiger partial charge in [0.15, 0.2) is 0 Å². The Bertz CT molecular complexity index is 934.